The Morgan fingerprint density at radius 1 is 1.11 bits per heavy atom. The van der Waals surface area contributed by atoms with Gasteiger partial charge in [0.25, 0.3) is 5.91 Å². The number of urea groups is 1. The molecule has 6 nitrogen and oxygen atoms in total. The fourth-order valence-corrected chi connectivity index (χ4v) is 1.20. The average Bonchev–Trinajstić information content (AvgIpc) is 2.28. The zero-order valence-corrected chi connectivity index (χ0v) is 9.30. The van der Waals surface area contributed by atoms with Gasteiger partial charge in [0.15, 0.2) is 0 Å². The highest BCUT2D eigenvalue weighted by atomic mass is 19.1. The SMILES string of the molecule is NC(=O)NCCNC(=O)c1cc(N)c(F)cc1F. The van der Waals surface area contributed by atoms with Crippen molar-refractivity contribution in [1.29, 1.82) is 0 Å². The summed E-state index contributed by atoms with van der Waals surface area (Å²) in [5, 5.41) is 4.55. The second-order valence-corrected chi connectivity index (χ2v) is 3.40. The molecule has 98 valence electrons. The van der Waals surface area contributed by atoms with Crippen molar-refractivity contribution in [2.75, 3.05) is 18.8 Å². The Hall–Kier alpha value is -2.38. The molecule has 0 spiro atoms. The van der Waals surface area contributed by atoms with Gasteiger partial charge in [0, 0.05) is 19.2 Å². The minimum absolute atomic E-state index is 0.0541. The molecule has 1 aromatic carbocycles. The molecule has 0 fully saturated rings. The number of benzene rings is 1. The van der Waals surface area contributed by atoms with Crippen molar-refractivity contribution in [2.45, 2.75) is 0 Å². The molecular weight excluding hydrogens is 246 g/mol. The third kappa shape index (κ3) is 3.58. The van der Waals surface area contributed by atoms with E-state index in [1.807, 2.05) is 0 Å². The molecular formula is C10H12F2N4O2. The lowest BCUT2D eigenvalue weighted by atomic mass is 10.1. The number of nitrogens with one attached hydrogen (secondary N) is 2. The van der Waals surface area contributed by atoms with Crippen molar-refractivity contribution in [3.63, 3.8) is 0 Å². The summed E-state index contributed by atoms with van der Waals surface area (Å²) in [5.41, 5.74) is 9.34. The van der Waals surface area contributed by atoms with Crippen molar-refractivity contribution < 1.29 is 18.4 Å². The summed E-state index contributed by atoms with van der Waals surface area (Å²) in [6, 6.07) is 0.703. The molecule has 0 atom stereocenters. The molecule has 0 aliphatic rings. The molecule has 0 saturated carbocycles. The lowest BCUT2D eigenvalue weighted by molar-refractivity contribution is 0.0950. The molecule has 0 saturated heterocycles. The summed E-state index contributed by atoms with van der Waals surface area (Å²) in [6.07, 6.45) is 0. The van der Waals surface area contributed by atoms with E-state index < -0.39 is 23.6 Å². The van der Waals surface area contributed by atoms with E-state index in [0.717, 1.165) is 6.07 Å². The smallest absolute Gasteiger partial charge is 0.312 e. The first kappa shape index (κ1) is 13.7. The van der Waals surface area contributed by atoms with E-state index >= 15 is 0 Å². The van der Waals surface area contributed by atoms with E-state index in [1.165, 1.54) is 0 Å². The van der Waals surface area contributed by atoms with E-state index in [4.69, 9.17) is 11.5 Å². The minimum atomic E-state index is -1.01. The van der Waals surface area contributed by atoms with Gasteiger partial charge in [-0.15, -0.1) is 0 Å². The first-order valence-electron chi connectivity index (χ1n) is 4.98. The van der Waals surface area contributed by atoms with Crippen LogP contribution >= 0.6 is 0 Å². The summed E-state index contributed by atoms with van der Waals surface area (Å²) < 4.78 is 26.1. The van der Waals surface area contributed by atoms with Crippen molar-refractivity contribution in [1.82, 2.24) is 10.6 Å². The highest BCUT2D eigenvalue weighted by Crippen LogP contribution is 2.16. The van der Waals surface area contributed by atoms with Gasteiger partial charge >= 0.3 is 6.03 Å². The number of halogens is 2. The Balaban J connectivity index is 2.62. The highest BCUT2D eigenvalue weighted by molar-refractivity contribution is 5.95. The van der Waals surface area contributed by atoms with Crippen LogP contribution in [0.15, 0.2) is 12.1 Å². The van der Waals surface area contributed by atoms with E-state index in [9.17, 15) is 18.4 Å². The highest BCUT2D eigenvalue weighted by Gasteiger charge is 2.14. The molecule has 0 aliphatic carbocycles. The fraction of sp³-hybridized carbons (Fsp3) is 0.200. The second kappa shape index (κ2) is 5.80. The summed E-state index contributed by atoms with van der Waals surface area (Å²) >= 11 is 0. The first-order chi connectivity index (χ1) is 8.41. The number of rotatable bonds is 4. The van der Waals surface area contributed by atoms with Gasteiger partial charge in [-0.1, -0.05) is 0 Å². The fourth-order valence-electron chi connectivity index (χ4n) is 1.20. The predicted octanol–water partition coefficient (Wildman–Crippen LogP) is -0.0549. The summed E-state index contributed by atoms with van der Waals surface area (Å²) in [7, 11) is 0. The van der Waals surface area contributed by atoms with E-state index in [-0.39, 0.29) is 24.3 Å². The van der Waals surface area contributed by atoms with Crippen LogP contribution in [0, 0.1) is 11.6 Å². The van der Waals surface area contributed by atoms with Crippen LogP contribution in [0.2, 0.25) is 0 Å². The average molecular weight is 258 g/mol. The Bertz CT molecular complexity index is 479. The van der Waals surface area contributed by atoms with Gasteiger partial charge in [0.1, 0.15) is 11.6 Å². The number of hydrogen-bond acceptors (Lipinski definition) is 3. The molecule has 0 heterocycles. The maximum Gasteiger partial charge on any atom is 0.312 e. The van der Waals surface area contributed by atoms with Crippen molar-refractivity contribution >= 4 is 17.6 Å². The number of nitrogen functional groups attached to an aromatic ring is 1. The van der Waals surface area contributed by atoms with E-state index in [1.54, 1.807) is 0 Å². The topological polar surface area (TPSA) is 110 Å². The van der Waals surface area contributed by atoms with Crippen LogP contribution in [0.4, 0.5) is 19.3 Å². The minimum Gasteiger partial charge on any atom is -0.396 e. The number of primary amides is 1. The number of anilines is 1. The molecule has 6 N–H and O–H groups in total. The molecule has 0 aromatic heterocycles. The number of hydrogen-bond donors (Lipinski definition) is 4. The largest absolute Gasteiger partial charge is 0.396 e. The van der Waals surface area contributed by atoms with Crippen molar-refractivity contribution in [3.8, 4) is 0 Å². The molecule has 0 aliphatic heterocycles. The third-order valence-electron chi connectivity index (χ3n) is 2.04. The molecule has 18 heavy (non-hydrogen) atoms. The first-order valence-corrected chi connectivity index (χ1v) is 4.98. The summed E-state index contributed by atoms with van der Waals surface area (Å²) in [6.45, 7) is 0.151. The van der Waals surface area contributed by atoms with Gasteiger partial charge in [-0.3, -0.25) is 4.79 Å². The molecule has 0 radical (unpaired) electrons. The maximum absolute atomic E-state index is 13.3. The van der Waals surface area contributed by atoms with Gasteiger partial charge in [-0.2, -0.15) is 0 Å². The standard InChI is InChI=1S/C10H12F2N4O2/c11-6-4-7(12)8(13)3-5(6)9(17)15-1-2-16-10(14)18/h3-4H,1-2,13H2,(H,15,17)(H3,14,16,18). The number of carbonyl (C=O) groups is 2. The third-order valence-corrected chi connectivity index (χ3v) is 2.04. The Kier molecular flexibility index (Phi) is 4.41. The lowest BCUT2D eigenvalue weighted by Crippen LogP contribution is -2.37. The normalized spacial score (nSPS) is 9.89. The van der Waals surface area contributed by atoms with Crippen LogP contribution < -0.4 is 22.1 Å². The Morgan fingerprint density at radius 2 is 1.72 bits per heavy atom. The molecule has 3 amide bonds. The molecule has 1 rings (SSSR count). The zero-order valence-electron chi connectivity index (χ0n) is 9.30. The second-order valence-electron chi connectivity index (χ2n) is 3.40. The Morgan fingerprint density at radius 3 is 2.33 bits per heavy atom. The summed E-state index contributed by atoms with van der Waals surface area (Å²) in [4.78, 5) is 21.8. The number of carbonyl (C=O) groups excluding carboxylic acids is 2. The Labute approximate surface area is 101 Å². The maximum atomic E-state index is 13.3. The van der Waals surface area contributed by atoms with Crippen LogP contribution in [0.1, 0.15) is 10.4 Å². The number of amides is 3. The van der Waals surface area contributed by atoms with Crippen LogP contribution in [-0.4, -0.2) is 25.0 Å². The van der Waals surface area contributed by atoms with Crippen LogP contribution in [-0.2, 0) is 0 Å². The van der Waals surface area contributed by atoms with Gasteiger partial charge in [0.05, 0.1) is 11.3 Å². The molecule has 0 unspecified atom stereocenters. The van der Waals surface area contributed by atoms with E-state index in [2.05, 4.69) is 10.6 Å². The van der Waals surface area contributed by atoms with Gasteiger partial charge in [-0.25, -0.2) is 13.6 Å². The number of nitrogens with two attached hydrogens (primary N) is 2. The van der Waals surface area contributed by atoms with Crippen molar-refractivity contribution in [3.05, 3.63) is 29.3 Å². The lowest BCUT2D eigenvalue weighted by Gasteiger charge is -2.07. The quantitative estimate of drug-likeness (QED) is 0.448. The van der Waals surface area contributed by atoms with Gasteiger partial charge in [0.2, 0.25) is 0 Å². The van der Waals surface area contributed by atoms with Crippen LogP contribution in [0.5, 0.6) is 0 Å². The molecule has 8 heteroatoms. The predicted molar refractivity (Wildman–Crippen MR) is 60.7 cm³/mol. The van der Waals surface area contributed by atoms with Gasteiger partial charge < -0.3 is 22.1 Å². The zero-order chi connectivity index (χ0) is 13.7. The molecule has 0 bridgehead atoms. The molecule has 1 aromatic rings. The van der Waals surface area contributed by atoms with Crippen LogP contribution in [0.25, 0.3) is 0 Å². The monoisotopic (exact) mass is 258 g/mol. The van der Waals surface area contributed by atoms with Crippen molar-refractivity contribution in [2.24, 2.45) is 5.73 Å². The van der Waals surface area contributed by atoms with E-state index in [0.29, 0.717) is 6.07 Å². The summed E-state index contributed by atoms with van der Waals surface area (Å²) in [5.74, 6) is -2.70. The van der Waals surface area contributed by atoms with Crippen LogP contribution in [0.3, 0.4) is 0 Å². The van der Waals surface area contributed by atoms with Gasteiger partial charge in [-0.05, 0) is 6.07 Å².